The molecule has 0 aliphatic carbocycles. The Bertz CT molecular complexity index is 1200. The van der Waals surface area contributed by atoms with Gasteiger partial charge in [-0.25, -0.2) is 0 Å². The number of nitrogens with zero attached hydrogens (tertiary/aromatic N) is 4. The number of anilines is 2. The first kappa shape index (κ1) is 18.1. The van der Waals surface area contributed by atoms with E-state index in [0.717, 1.165) is 22.5 Å². The molecule has 0 saturated heterocycles. The second kappa shape index (κ2) is 7.45. The highest BCUT2D eigenvalue weighted by Gasteiger charge is 2.27. The molecule has 1 aliphatic heterocycles. The lowest BCUT2D eigenvalue weighted by Gasteiger charge is -2.19. The maximum absolute atomic E-state index is 10.7. The lowest BCUT2D eigenvalue weighted by Crippen LogP contribution is -2.37. The maximum atomic E-state index is 10.7. The molecule has 30 heavy (non-hydrogen) atoms. The molecule has 0 radical (unpaired) electrons. The standard InChI is InChI=1S/C21H18N6O3/c1-12-11-16(30-27-12)20-25-26-21(29-20)24-18-19(28)22-15-10-6-5-9-14(15)17(23-18)13-7-3-2-4-8-13/h2-11,18-19,22,28H,1H3,(H,24,26). The summed E-state index contributed by atoms with van der Waals surface area (Å²) in [5.41, 5.74) is 4.03. The highest BCUT2D eigenvalue weighted by Crippen LogP contribution is 2.27. The number of benzene rings is 2. The summed E-state index contributed by atoms with van der Waals surface area (Å²) < 4.78 is 10.8. The van der Waals surface area contributed by atoms with Gasteiger partial charge in [0.2, 0.25) is 5.76 Å². The molecule has 1 aliphatic rings. The van der Waals surface area contributed by atoms with Crippen LogP contribution in [0.1, 0.15) is 16.8 Å². The Kier molecular flexibility index (Phi) is 4.49. The number of aliphatic hydroxyl groups excluding tert-OH is 1. The van der Waals surface area contributed by atoms with E-state index in [0.29, 0.717) is 11.5 Å². The van der Waals surface area contributed by atoms with Crippen molar-refractivity contribution >= 4 is 17.4 Å². The van der Waals surface area contributed by atoms with Gasteiger partial charge < -0.3 is 24.7 Å². The molecule has 0 amide bonds. The minimum absolute atomic E-state index is 0.104. The van der Waals surface area contributed by atoms with Crippen LogP contribution < -0.4 is 10.6 Å². The first-order valence-corrected chi connectivity index (χ1v) is 9.38. The molecular weight excluding hydrogens is 384 g/mol. The molecule has 0 fully saturated rings. The van der Waals surface area contributed by atoms with E-state index in [4.69, 9.17) is 13.9 Å². The zero-order chi connectivity index (χ0) is 20.5. The average Bonchev–Trinajstić information content (AvgIpc) is 3.38. The lowest BCUT2D eigenvalue weighted by atomic mass is 10.0. The van der Waals surface area contributed by atoms with Crippen molar-refractivity contribution in [1.29, 1.82) is 0 Å². The summed E-state index contributed by atoms with van der Waals surface area (Å²) in [5.74, 6) is 0.554. The maximum Gasteiger partial charge on any atom is 0.317 e. The van der Waals surface area contributed by atoms with Crippen LogP contribution in [0.25, 0.3) is 11.7 Å². The molecule has 3 heterocycles. The van der Waals surface area contributed by atoms with Crippen LogP contribution in [0.4, 0.5) is 11.7 Å². The molecule has 0 bridgehead atoms. The molecule has 2 aromatic heterocycles. The zero-order valence-corrected chi connectivity index (χ0v) is 16.0. The predicted octanol–water partition coefficient (Wildman–Crippen LogP) is 3.05. The quantitative estimate of drug-likeness (QED) is 0.476. The van der Waals surface area contributed by atoms with Crippen molar-refractivity contribution in [2.75, 3.05) is 10.6 Å². The SMILES string of the molecule is Cc1cc(-c2nnc(NC3N=C(c4ccccc4)c4ccccc4NC3O)o2)on1. The summed E-state index contributed by atoms with van der Waals surface area (Å²) in [7, 11) is 0. The van der Waals surface area contributed by atoms with Crippen LogP contribution in [-0.4, -0.2) is 38.6 Å². The fraction of sp³-hybridized carbons (Fsp3) is 0.143. The second-order valence-electron chi connectivity index (χ2n) is 6.81. The lowest BCUT2D eigenvalue weighted by molar-refractivity contribution is 0.182. The number of benzodiazepines with no additional fused rings is 1. The molecule has 2 aromatic carbocycles. The summed E-state index contributed by atoms with van der Waals surface area (Å²) in [6, 6.07) is 19.3. The van der Waals surface area contributed by atoms with E-state index < -0.39 is 12.4 Å². The Labute approximate surface area is 171 Å². The fourth-order valence-electron chi connectivity index (χ4n) is 3.24. The Balaban J connectivity index is 1.50. The van der Waals surface area contributed by atoms with E-state index in [1.54, 1.807) is 13.0 Å². The van der Waals surface area contributed by atoms with Gasteiger partial charge in [-0.1, -0.05) is 58.8 Å². The number of hydrogen-bond acceptors (Lipinski definition) is 9. The first-order chi connectivity index (χ1) is 14.7. The van der Waals surface area contributed by atoms with Gasteiger partial charge >= 0.3 is 6.01 Å². The molecule has 3 N–H and O–H groups in total. The first-order valence-electron chi connectivity index (χ1n) is 9.38. The van der Waals surface area contributed by atoms with Gasteiger partial charge in [-0.3, -0.25) is 4.99 Å². The van der Waals surface area contributed by atoms with Gasteiger partial charge in [-0.05, 0) is 13.0 Å². The molecule has 9 heteroatoms. The van der Waals surface area contributed by atoms with E-state index in [1.807, 2.05) is 54.6 Å². The van der Waals surface area contributed by atoms with Crippen molar-refractivity contribution in [2.45, 2.75) is 19.3 Å². The summed E-state index contributed by atoms with van der Waals surface area (Å²) >= 11 is 0. The van der Waals surface area contributed by atoms with E-state index in [2.05, 4.69) is 26.0 Å². The average molecular weight is 402 g/mol. The third kappa shape index (κ3) is 3.42. The fourth-order valence-corrected chi connectivity index (χ4v) is 3.24. The Hall–Kier alpha value is -3.98. The Morgan fingerprint density at radius 3 is 2.63 bits per heavy atom. The van der Waals surface area contributed by atoms with E-state index >= 15 is 0 Å². The number of nitrogens with one attached hydrogen (secondary N) is 2. The van der Waals surface area contributed by atoms with Gasteiger partial charge in [-0.15, -0.1) is 5.10 Å². The molecule has 4 aromatic rings. The number of rotatable bonds is 4. The minimum Gasteiger partial charge on any atom is -0.400 e. The van der Waals surface area contributed by atoms with Crippen LogP contribution in [-0.2, 0) is 0 Å². The highest BCUT2D eigenvalue weighted by molar-refractivity contribution is 6.16. The van der Waals surface area contributed by atoms with Crippen LogP contribution in [0.5, 0.6) is 0 Å². The largest absolute Gasteiger partial charge is 0.400 e. The number of aromatic nitrogens is 3. The van der Waals surface area contributed by atoms with Crippen molar-refractivity contribution in [3.63, 3.8) is 0 Å². The van der Waals surface area contributed by atoms with Gasteiger partial charge in [0.05, 0.1) is 11.4 Å². The zero-order valence-electron chi connectivity index (χ0n) is 16.0. The number of aliphatic hydroxyl groups is 1. The predicted molar refractivity (Wildman–Crippen MR) is 110 cm³/mol. The monoisotopic (exact) mass is 402 g/mol. The third-order valence-electron chi connectivity index (χ3n) is 4.64. The van der Waals surface area contributed by atoms with Crippen LogP contribution in [0.2, 0.25) is 0 Å². The third-order valence-corrected chi connectivity index (χ3v) is 4.64. The summed E-state index contributed by atoms with van der Waals surface area (Å²) in [4.78, 5) is 4.78. The number of aryl methyl sites for hydroxylation is 1. The van der Waals surface area contributed by atoms with Crippen molar-refractivity contribution in [2.24, 2.45) is 4.99 Å². The van der Waals surface area contributed by atoms with Crippen LogP contribution in [0, 0.1) is 6.92 Å². The summed E-state index contributed by atoms with van der Waals surface area (Å²) in [5, 5.41) is 28.6. The van der Waals surface area contributed by atoms with Crippen LogP contribution in [0.3, 0.4) is 0 Å². The van der Waals surface area contributed by atoms with Crippen molar-refractivity contribution in [3.05, 3.63) is 77.5 Å². The number of hydrogen-bond donors (Lipinski definition) is 3. The van der Waals surface area contributed by atoms with Crippen LogP contribution in [0.15, 0.2) is 74.6 Å². The van der Waals surface area contributed by atoms with E-state index in [-0.39, 0.29) is 11.9 Å². The topological polar surface area (TPSA) is 122 Å². The highest BCUT2D eigenvalue weighted by atomic mass is 16.5. The molecule has 5 rings (SSSR count). The van der Waals surface area contributed by atoms with Gasteiger partial charge in [0.1, 0.15) is 0 Å². The van der Waals surface area contributed by atoms with Crippen molar-refractivity contribution < 1.29 is 14.0 Å². The Morgan fingerprint density at radius 1 is 1.03 bits per heavy atom. The van der Waals surface area contributed by atoms with Crippen molar-refractivity contribution in [1.82, 2.24) is 15.4 Å². The molecule has 9 nitrogen and oxygen atoms in total. The van der Waals surface area contributed by atoms with Crippen molar-refractivity contribution in [3.8, 4) is 11.7 Å². The number of fused-ring (bicyclic) bond motifs is 1. The number of aliphatic imine (C=N–C) groups is 1. The molecule has 0 spiro atoms. The summed E-state index contributed by atoms with van der Waals surface area (Å²) in [6.07, 6.45) is -1.81. The van der Waals surface area contributed by atoms with Gasteiger partial charge in [0, 0.05) is 22.9 Å². The van der Waals surface area contributed by atoms with Gasteiger partial charge in [0.25, 0.3) is 5.89 Å². The molecule has 2 unspecified atom stereocenters. The second-order valence-corrected chi connectivity index (χ2v) is 6.81. The minimum atomic E-state index is -1.03. The molecule has 150 valence electrons. The molecular formula is C21H18N6O3. The molecule has 0 saturated carbocycles. The van der Waals surface area contributed by atoms with Crippen LogP contribution >= 0.6 is 0 Å². The van der Waals surface area contributed by atoms with E-state index in [1.165, 1.54) is 0 Å². The number of para-hydroxylation sites is 1. The molecule has 2 atom stereocenters. The van der Waals surface area contributed by atoms with Gasteiger partial charge in [0.15, 0.2) is 12.4 Å². The van der Waals surface area contributed by atoms with Gasteiger partial charge in [-0.2, -0.15) is 0 Å². The summed E-state index contributed by atoms with van der Waals surface area (Å²) in [6.45, 7) is 1.80. The smallest absolute Gasteiger partial charge is 0.317 e. The van der Waals surface area contributed by atoms with E-state index in [9.17, 15) is 5.11 Å². The normalized spacial score (nSPS) is 18.1. The Morgan fingerprint density at radius 2 is 1.83 bits per heavy atom.